The molecule has 2 atom stereocenters. The lowest BCUT2D eigenvalue weighted by Gasteiger charge is -2.39. The number of carbonyl (C=O) groups excluding carboxylic acids is 1. The molecule has 57 heavy (non-hydrogen) atoms. The number of nitrogens with zero attached hydrogens (tertiary/aromatic N) is 6. The van der Waals surface area contributed by atoms with E-state index in [2.05, 4.69) is 64.8 Å². The molecule has 0 aliphatic heterocycles. The Bertz CT molecular complexity index is 2080. The molecule has 0 saturated carbocycles. The van der Waals surface area contributed by atoms with E-state index in [1.807, 2.05) is 51.2 Å². The Balaban J connectivity index is 1.32. The molecule has 6 rings (SSSR count). The summed E-state index contributed by atoms with van der Waals surface area (Å²) in [4.78, 5) is 46.4. The number of imidazole rings is 1. The van der Waals surface area contributed by atoms with Gasteiger partial charge >= 0.3 is 6.09 Å². The number of ether oxygens (including phenoxy) is 2. The molecule has 13 heteroatoms. The second-order valence-corrected chi connectivity index (χ2v) is 22.6. The first-order valence-electron chi connectivity index (χ1n) is 19.7. The Morgan fingerprint density at radius 2 is 1.65 bits per heavy atom. The van der Waals surface area contributed by atoms with Gasteiger partial charge in [0.05, 0.1) is 53.4 Å². The number of fused-ring (bicyclic) bond motifs is 1. The van der Waals surface area contributed by atoms with Gasteiger partial charge in [-0.25, -0.2) is 9.78 Å². The Kier molecular flexibility index (Phi) is 13.3. The second kappa shape index (κ2) is 18.3. The predicted octanol–water partition coefficient (Wildman–Crippen LogP) is 9.69. The number of nitro benzene ring substituents is 1. The summed E-state index contributed by atoms with van der Waals surface area (Å²) in [7, 11) is -1.34. The number of amides is 1. The lowest BCUT2D eigenvalue weighted by molar-refractivity contribution is -0.384. The van der Waals surface area contributed by atoms with E-state index >= 15 is 0 Å². The number of pyridine rings is 2. The molecule has 0 radical (unpaired) electrons. The molecule has 300 valence electrons. The van der Waals surface area contributed by atoms with Crippen molar-refractivity contribution >= 4 is 19.9 Å². The molecule has 1 aliphatic rings. The van der Waals surface area contributed by atoms with E-state index in [1.165, 1.54) is 17.7 Å². The van der Waals surface area contributed by atoms with Gasteiger partial charge in [0.2, 0.25) is 0 Å². The van der Waals surface area contributed by atoms with Gasteiger partial charge in [-0.15, -0.1) is 0 Å². The van der Waals surface area contributed by atoms with Gasteiger partial charge in [0.25, 0.3) is 5.69 Å². The second-order valence-electron chi connectivity index (χ2n) is 17.0. The SMILES string of the molecule is CC(C)(C)OC(=O)N(Cc1ccc(CN(C(COCC[Si](C)(C)C)c2ncc(-c3ccc([N+](=O)[O-])cc3)[nH]2)C2CCCc3cccnc32)cc1)Cc1ccccn1. The van der Waals surface area contributed by atoms with Crippen molar-refractivity contribution in [3.05, 3.63) is 141 Å². The Morgan fingerprint density at radius 1 is 0.930 bits per heavy atom. The van der Waals surface area contributed by atoms with Gasteiger partial charge in [-0.3, -0.25) is 29.9 Å². The molecule has 0 bridgehead atoms. The third-order valence-corrected chi connectivity index (χ3v) is 11.7. The number of non-ortho nitro benzene ring substituents is 1. The molecule has 2 aromatic carbocycles. The van der Waals surface area contributed by atoms with Crippen molar-refractivity contribution in [2.75, 3.05) is 13.2 Å². The average Bonchev–Trinajstić information content (AvgIpc) is 3.67. The molecule has 2 unspecified atom stereocenters. The molecule has 3 heterocycles. The molecule has 12 nitrogen and oxygen atoms in total. The maximum absolute atomic E-state index is 13.4. The number of rotatable bonds is 16. The summed E-state index contributed by atoms with van der Waals surface area (Å²) in [6.45, 7) is 15.0. The fraction of sp³-hybridized carbons (Fsp3) is 0.409. The van der Waals surface area contributed by atoms with Crippen molar-refractivity contribution in [2.24, 2.45) is 0 Å². The predicted molar refractivity (Wildman–Crippen MR) is 224 cm³/mol. The number of nitrogens with one attached hydrogen (secondary N) is 1. The van der Waals surface area contributed by atoms with E-state index in [1.54, 1.807) is 29.4 Å². The van der Waals surface area contributed by atoms with Crippen LogP contribution in [0.1, 0.15) is 79.6 Å². The van der Waals surface area contributed by atoms with E-state index in [0.29, 0.717) is 32.8 Å². The highest BCUT2D eigenvalue weighted by Gasteiger charge is 2.35. The summed E-state index contributed by atoms with van der Waals surface area (Å²) in [5, 5.41) is 11.3. The van der Waals surface area contributed by atoms with Crippen molar-refractivity contribution in [1.82, 2.24) is 29.7 Å². The van der Waals surface area contributed by atoms with E-state index in [-0.39, 0.29) is 17.8 Å². The Hall–Kier alpha value is -5.24. The maximum atomic E-state index is 13.4. The number of hydrogen-bond acceptors (Lipinski definition) is 9. The van der Waals surface area contributed by atoms with E-state index in [0.717, 1.165) is 64.9 Å². The fourth-order valence-corrected chi connectivity index (χ4v) is 7.80. The number of nitro groups is 1. The first kappa shape index (κ1) is 41.4. The van der Waals surface area contributed by atoms with Crippen LogP contribution < -0.4 is 0 Å². The average molecular weight is 790 g/mol. The highest BCUT2D eigenvalue weighted by Crippen LogP contribution is 2.39. The number of hydrogen-bond donors (Lipinski definition) is 1. The fourth-order valence-electron chi connectivity index (χ4n) is 7.05. The molecule has 1 N–H and O–H groups in total. The van der Waals surface area contributed by atoms with Crippen molar-refractivity contribution in [3.8, 4) is 11.3 Å². The first-order valence-corrected chi connectivity index (χ1v) is 23.5. The molecule has 0 fully saturated rings. The van der Waals surface area contributed by atoms with Crippen molar-refractivity contribution in [3.63, 3.8) is 0 Å². The van der Waals surface area contributed by atoms with Crippen molar-refractivity contribution in [1.29, 1.82) is 0 Å². The van der Waals surface area contributed by atoms with Crippen LogP contribution in [0.15, 0.2) is 97.5 Å². The van der Waals surface area contributed by atoms with Gasteiger partial charge in [0.15, 0.2) is 0 Å². The third kappa shape index (κ3) is 11.7. The molecule has 1 amide bonds. The molecular formula is C44H55N7O5Si. The number of aromatic amines is 1. The summed E-state index contributed by atoms with van der Waals surface area (Å²) in [5.74, 6) is 0.763. The van der Waals surface area contributed by atoms with E-state index in [9.17, 15) is 14.9 Å². The standard InChI is InChI=1S/C44H55N7O5Si/c1-44(2,3)56-43(52)49(30-36-13-7-8-23-45-36)28-32-15-17-33(18-16-32)29-50(39-14-9-11-35-12-10-24-46-41(35)39)40(31-55-25-26-57(4,5)6)42-47-27-38(48-42)34-19-21-37(22-20-34)51(53)54/h7-8,10,12-13,15-24,27,39-40H,9,11,14,25-26,28-31H2,1-6H3,(H,47,48). The van der Waals surface area contributed by atoms with Crippen LogP contribution in [0.4, 0.5) is 10.5 Å². The summed E-state index contributed by atoms with van der Waals surface area (Å²) in [5.41, 5.74) is 6.19. The smallest absolute Gasteiger partial charge is 0.410 e. The summed E-state index contributed by atoms with van der Waals surface area (Å²) >= 11 is 0. The van der Waals surface area contributed by atoms with Crippen LogP contribution in [0.5, 0.6) is 0 Å². The largest absolute Gasteiger partial charge is 0.444 e. The number of benzene rings is 2. The quantitative estimate of drug-likeness (QED) is 0.0448. The summed E-state index contributed by atoms with van der Waals surface area (Å²) in [6.07, 6.45) is 7.96. The van der Waals surface area contributed by atoms with Crippen LogP contribution in [-0.4, -0.2) is 67.6 Å². The maximum Gasteiger partial charge on any atom is 0.410 e. The number of aryl methyl sites for hydroxylation is 1. The number of aromatic nitrogens is 4. The highest BCUT2D eigenvalue weighted by atomic mass is 28.3. The Morgan fingerprint density at radius 3 is 2.32 bits per heavy atom. The van der Waals surface area contributed by atoms with Gasteiger partial charge in [-0.05, 0) is 93.1 Å². The van der Waals surface area contributed by atoms with Crippen LogP contribution in [0.2, 0.25) is 25.7 Å². The molecule has 0 spiro atoms. The van der Waals surface area contributed by atoms with Crippen molar-refractivity contribution < 1.29 is 19.2 Å². The third-order valence-electron chi connectivity index (χ3n) is 10.0. The zero-order chi connectivity index (χ0) is 40.6. The van der Waals surface area contributed by atoms with Crippen LogP contribution in [0.3, 0.4) is 0 Å². The zero-order valence-corrected chi connectivity index (χ0v) is 35.0. The van der Waals surface area contributed by atoms with Gasteiger partial charge in [-0.1, -0.05) is 56.0 Å². The number of carbonyl (C=O) groups is 1. The van der Waals surface area contributed by atoms with Gasteiger partial charge < -0.3 is 14.5 Å². The summed E-state index contributed by atoms with van der Waals surface area (Å²) < 4.78 is 12.3. The van der Waals surface area contributed by atoms with Crippen LogP contribution in [-0.2, 0) is 35.5 Å². The lowest BCUT2D eigenvalue weighted by atomic mass is 9.89. The molecule has 5 aromatic rings. The zero-order valence-electron chi connectivity index (χ0n) is 34.0. The van der Waals surface area contributed by atoms with E-state index < -0.39 is 24.7 Å². The monoisotopic (exact) mass is 789 g/mol. The Labute approximate surface area is 336 Å². The van der Waals surface area contributed by atoms with Crippen LogP contribution in [0.25, 0.3) is 11.3 Å². The summed E-state index contributed by atoms with van der Waals surface area (Å²) in [6, 6.07) is 25.6. The van der Waals surface area contributed by atoms with Gasteiger partial charge in [0, 0.05) is 57.9 Å². The topological polar surface area (TPSA) is 140 Å². The first-order chi connectivity index (χ1) is 27.2. The van der Waals surface area contributed by atoms with Gasteiger partial charge in [-0.2, -0.15) is 0 Å². The normalized spacial score (nSPS) is 14.9. The molecule has 0 saturated heterocycles. The minimum absolute atomic E-state index is 0.00850. The van der Waals surface area contributed by atoms with E-state index in [4.69, 9.17) is 19.4 Å². The van der Waals surface area contributed by atoms with Gasteiger partial charge in [0.1, 0.15) is 11.4 Å². The lowest BCUT2D eigenvalue weighted by Crippen LogP contribution is -2.38. The minimum atomic E-state index is -1.34. The van der Waals surface area contributed by atoms with Crippen molar-refractivity contribution in [2.45, 2.75) is 103 Å². The van der Waals surface area contributed by atoms with Crippen LogP contribution >= 0.6 is 0 Å². The highest BCUT2D eigenvalue weighted by molar-refractivity contribution is 6.76. The molecule has 1 aliphatic carbocycles. The minimum Gasteiger partial charge on any atom is -0.444 e. The number of H-pyrrole nitrogens is 1. The molecular weight excluding hydrogens is 735 g/mol. The molecule has 3 aromatic heterocycles. The van der Waals surface area contributed by atoms with Crippen LogP contribution in [0, 0.1) is 10.1 Å².